The van der Waals surface area contributed by atoms with E-state index in [-0.39, 0.29) is 17.1 Å². The van der Waals surface area contributed by atoms with Crippen LogP contribution in [-0.2, 0) is 0 Å². The summed E-state index contributed by atoms with van der Waals surface area (Å²) in [4.78, 5) is 11.7. The van der Waals surface area contributed by atoms with E-state index in [0.717, 1.165) is 12.5 Å². The minimum Gasteiger partial charge on any atom is -0.388 e. The molecule has 0 aromatic heterocycles. The molecule has 0 fully saturated rings. The maximum atomic E-state index is 13.2. The minimum absolute atomic E-state index is 0.0236. The number of rotatable bonds is 5. The Balaban J connectivity index is 2.63. The molecule has 0 saturated heterocycles. The second-order valence-corrected chi connectivity index (χ2v) is 4.97. The zero-order valence-corrected chi connectivity index (χ0v) is 11.2. The number of halogens is 2. The molecule has 0 heterocycles. The second kappa shape index (κ2) is 6.16. The van der Waals surface area contributed by atoms with Crippen LogP contribution in [0.2, 0.25) is 5.02 Å². The normalized spacial score (nSPS) is 14.1. The highest BCUT2D eigenvalue weighted by Gasteiger charge is 2.20. The van der Waals surface area contributed by atoms with E-state index in [1.807, 2.05) is 6.92 Å². The predicted octanol–water partition coefficient (Wildman–Crippen LogP) is 2.76. The van der Waals surface area contributed by atoms with Crippen molar-refractivity contribution >= 4 is 17.5 Å². The molecule has 5 heteroatoms. The molecule has 0 saturated carbocycles. The first kappa shape index (κ1) is 14.9. The van der Waals surface area contributed by atoms with Crippen LogP contribution in [-0.4, -0.2) is 23.2 Å². The smallest absolute Gasteiger partial charge is 0.251 e. The van der Waals surface area contributed by atoms with Gasteiger partial charge in [-0.2, -0.15) is 0 Å². The zero-order chi connectivity index (χ0) is 13.8. The maximum Gasteiger partial charge on any atom is 0.251 e. The van der Waals surface area contributed by atoms with Crippen LogP contribution in [0.1, 0.15) is 37.0 Å². The maximum absolute atomic E-state index is 13.2. The average molecular weight is 274 g/mol. The lowest BCUT2D eigenvalue weighted by atomic mass is 10.0. The fraction of sp³-hybridized carbons (Fsp3) is 0.462. The summed E-state index contributed by atoms with van der Waals surface area (Å²) in [5.41, 5.74) is -0.765. The molecule has 3 nitrogen and oxygen atoms in total. The van der Waals surface area contributed by atoms with Gasteiger partial charge in [-0.05, 0) is 31.5 Å². The highest BCUT2D eigenvalue weighted by molar-refractivity contribution is 6.30. The quantitative estimate of drug-likeness (QED) is 0.867. The molecule has 1 amide bonds. The Morgan fingerprint density at radius 2 is 2.22 bits per heavy atom. The van der Waals surface area contributed by atoms with E-state index < -0.39 is 17.3 Å². The molecule has 0 aliphatic rings. The van der Waals surface area contributed by atoms with Gasteiger partial charge in [-0.15, -0.1) is 0 Å². The number of hydrogen-bond acceptors (Lipinski definition) is 2. The Morgan fingerprint density at radius 1 is 1.56 bits per heavy atom. The molecule has 0 bridgehead atoms. The number of nitrogens with one attached hydrogen (secondary N) is 1. The van der Waals surface area contributed by atoms with Gasteiger partial charge in [0, 0.05) is 12.1 Å². The summed E-state index contributed by atoms with van der Waals surface area (Å²) in [7, 11) is 0. The van der Waals surface area contributed by atoms with Gasteiger partial charge < -0.3 is 10.4 Å². The van der Waals surface area contributed by atoms with Gasteiger partial charge >= 0.3 is 0 Å². The molecule has 0 spiro atoms. The highest BCUT2D eigenvalue weighted by atomic mass is 35.5. The number of carbonyl (C=O) groups is 1. The van der Waals surface area contributed by atoms with Gasteiger partial charge in [0.25, 0.3) is 5.91 Å². The largest absolute Gasteiger partial charge is 0.388 e. The van der Waals surface area contributed by atoms with Gasteiger partial charge in [0.15, 0.2) is 0 Å². The van der Waals surface area contributed by atoms with Crippen molar-refractivity contribution in [2.75, 3.05) is 6.54 Å². The van der Waals surface area contributed by atoms with Crippen LogP contribution in [0.5, 0.6) is 0 Å². The second-order valence-electron chi connectivity index (χ2n) is 4.56. The molecule has 100 valence electrons. The van der Waals surface area contributed by atoms with Crippen molar-refractivity contribution in [3.8, 4) is 0 Å². The summed E-state index contributed by atoms with van der Waals surface area (Å²) in [6.07, 6.45) is 1.40. The standard InChI is InChI=1S/C13H17ClFNO2/c1-3-6-13(2,18)8-16-12(17)9-4-5-10(14)11(15)7-9/h4-5,7,18H,3,6,8H2,1-2H3,(H,16,17). The van der Waals surface area contributed by atoms with E-state index in [1.54, 1.807) is 6.92 Å². The first-order valence-electron chi connectivity index (χ1n) is 5.81. The summed E-state index contributed by atoms with van der Waals surface area (Å²) in [5, 5.41) is 12.4. The lowest BCUT2D eigenvalue weighted by Crippen LogP contribution is -2.40. The Morgan fingerprint density at radius 3 is 2.78 bits per heavy atom. The fourth-order valence-electron chi connectivity index (χ4n) is 1.64. The summed E-state index contributed by atoms with van der Waals surface area (Å²) >= 11 is 5.53. The predicted molar refractivity (Wildman–Crippen MR) is 69.3 cm³/mol. The summed E-state index contributed by atoms with van der Waals surface area (Å²) in [5.74, 6) is -1.06. The van der Waals surface area contributed by atoms with Crippen molar-refractivity contribution in [1.82, 2.24) is 5.32 Å². The van der Waals surface area contributed by atoms with Crippen molar-refractivity contribution < 1.29 is 14.3 Å². The SMILES string of the molecule is CCCC(C)(O)CNC(=O)c1ccc(Cl)c(F)c1. The minimum atomic E-state index is -0.949. The van der Waals surface area contributed by atoms with Crippen LogP contribution in [0.4, 0.5) is 4.39 Å². The van der Waals surface area contributed by atoms with Crippen LogP contribution < -0.4 is 5.32 Å². The first-order valence-corrected chi connectivity index (χ1v) is 6.19. The highest BCUT2D eigenvalue weighted by Crippen LogP contribution is 2.16. The molecule has 1 unspecified atom stereocenters. The number of hydrogen-bond donors (Lipinski definition) is 2. The molecule has 0 aliphatic heterocycles. The van der Waals surface area contributed by atoms with Gasteiger partial charge in [-0.3, -0.25) is 4.79 Å². The lowest BCUT2D eigenvalue weighted by molar-refractivity contribution is 0.0469. The van der Waals surface area contributed by atoms with E-state index in [2.05, 4.69) is 5.32 Å². The fourth-order valence-corrected chi connectivity index (χ4v) is 1.75. The van der Waals surface area contributed by atoms with Crippen LogP contribution in [0.15, 0.2) is 18.2 Å². The number of amides is 1. The molecule has 1 aromatic carbocycles. The summed E-state index contributed by atoms with van der Waals surface area (Å²) < 4.78 is 13.2. The molecule has 2 N–H and O–H groups in total. The van der Waals surface area contributed by atoms with Gasteiger partial charge in [0.1, 0.15) is 5.82 Å². The summed E-state index contributed by atoms with van der Waals surface area (Å²) in [6.45, 7) is 3.73. The van der Waals surface area contributed by atoms with Crippen molar-refractivity contribution in [3.05, 3.63) is 34.6 Å². The lowest BCUT2D eigenvalue weighted by Gasteiger charge is -2.22. The van der Waals surface area contributed by atoms with Crippen molar-refractivity contribution in [2.45, 2.75) is 32.3 Å². The van der Waals surface area contributed by atoms with Crippen LogP contribution >= 0.6 is 11.6 Å². The third-order valence-electron chi connectivity index (χ3n) is 2.60. The molecule has 18 heavy (non-hydrogen) atoms. The molecule has 0 radical (unpaired) electrons. The topological polar surface area (TPSA) is 49.3 Å². The van der Waals surface area contributed by atoms with Gasteiger partial charge in [0.05, 0.1) is 10.6 Å². The van der Waals surface area contributed by atoms with E-state index in [0.29, 0.717) is 6.42 Å². The summed E-state index contributed by atoms with van der Waals surface area (Å²) in [6, 6.07) is 3.84. The Labute approximate surface area is 111 Å². The average Bonchev–Trinajstić information content (AvgIpc) is 2.30. The van der Waals surface area contributed by atoms with Crippen molar-refractivity contribution in [3.63, 3.8) is 0 Å². The Bertz CT molecular complexity index is 435. The molecule has 1 aromatic rings. The van der Waals surface area contributed by atoms with Gasteiger partial charge in [-0.25, -0.2) is 4.39 Å². The van der Waals surface area contributed by atoms with E-state index in [1.165, 1.54) is 12.1 Å². The van der Waals surface area contributed by atoms with Crippen molar-refractivity contribution in [1.29, 1.82) is 0 Å². The Hall–Kier alpha value is -1.13. The molecule has 1 rings (SSSR count). The van der Waals surface area contributed by atoms with E-state index in [9.17, 15) is 14.3 Å². The van der Waals surface area contributed by atoms with Crippen molar-refractivity contribution in [2.24, 2.45) is 0 Å². The molecular formula is C13H17ClFNO2. The number of carbonyl (C=O) groups excluding carboxylic acids is 1. The number of benzene rings is 1. The third kappa shape index (κ3) is 4.27. The van der Waals surface area contributed by atoms with Crippen LogP contribution in [0.3, 0.4) is 0 Å². The third-order valence-corrected chi connectivity index (χ3v) is 2.91. The van der Waals surface area contributed by atoms with Gasteiger partial charge in [-0.1, -0.05) is 24.9 Å². The van der Waals surface area contributed by atoms with E-state index >= 15 is 0 Å². The molecule has 1 atom stereocenters. The first-order chi connectivity index (χ1) is 8.35. The molecular weight excluding hydrogens is 257 g/mol. The van der Waals surface area contributed by atoms with E-state index in [4.69, 9.17) is 11.6 Å². The van der Waals surface area contributed by atoms with Crippen LogP contribution in [0.25, 0.3) is 0 Å². The zero-order valence-electron chi connectivity index (χ0n) is 10.5. The number of aliphatic hydroxyl groups is 1. The van der Waals surface area contributed by atoms with Gasteiger partial charge in [0.2, 0.25) is 0 Å². The Kier molecular flexibility index (Phi) is 5.11. The monoisotopic (exact) mass is 273 g/mol. The van der Waals surface area contributed by atoms with Crippen LogP contribution in [0, 0.1) is 5.82 Å². The molecule has 0 aliphatic carbocycles.